The van der Waals surface area contributed by atoms with Crippen molar-refractivity contribution in [2.75, 3.05) is 13.2 Å². The molecule has 0 saturated carbocycles. The number of halogens is 2. The third-order valence-corrected chi connectivity index (χ3v) is 7.22. The molecule has 1 aliphatic rings. The average molecular weight is 421 g/mol. The predicted octanol–water partition coefficient (Wildman–Crippen LogP) is 7.15. The fourth-order valence-electron chi connectivity index (χ4n) is 3.52. The van der Waals surface area contributed by atoms with E-state index in [1.54, 1.807) is 13.8 Å². The van der Waals surface area contributed by atoms with E-state index >= 15 is 0 Å². The minimum absolute atomic E-state index is 0.253. The van der Waals surface area contributed by atoms with E-state index in [-0.39, 0.29) is 18.6 Å². The van der Waals surface area contributed by atoms with Gasteiger partial charge < -0.3 is 4.52 Å². The van der Waals surface area contributed by atoms with Crippen LogP contribution < -0.4 is 0 Å². The standard InChI is InChI=1S/C19H27Cl2O4P/c1-6-23-26(22,24-7-2)25-18-10-13(3)12-19(5,14(18)4)15-8-9-16(20)17(21)11-15/h8-9,11,13H,6-7,10,12H2,1-5H3. The van der Waals surface area contributed by atoms with Gasteiger partial charge >= 0.3 is 7.82 Å². The summed E-state index contributed by atoms with van der Waals surface area (Å²) in [5.74, 6) is 1.01. The lowest BCUT2D eigenvalue weighted by molar-refractivity contribution is 0.134. The zero-order chi connectivity index (χ0) is 19.5. The molecule has 0 spiro atoms. The maximum atomic E-state index is 12.8. The second kappa shape index (κ2) is 8.67. The Balaban J connectivity index is 2.46. The summed E-state index contributed by atoms with van der Waals surface area (Å²) < 4.78 is 29.3. The Bertz CT molecular complexity index is 724. The van der Waals surface area contributed by atoms with Crippen LogP contribution in [0.4, 0.5) is 0 Å². The Labute approximate surface area is 166 Å². The van der Waals surface area contributed by atoms with Crippen molar-refractivity contribution in [1.82, 2.24) is 0 Å². The van der Waals surface area contributed by atoms with E-state index in [4.69, 9.17) is 36.8 Å². The number of phosphoric acid groups is 1. The first-order valence-electron chi connectivity index (χ1n) is 8.89. The van der Waals surface area contributed by atoms with Gasteiger partial charge in [-0.15, -0.1) is 0 Å². The van der Waals surface area contributed by atoms with Gasteiger partial charge in [0.2, 0.25) is 0 Å². The second-order valence-corrected chi connectivity index (χ2v) is 9.30. The zero-order valence-corrected chi connectivity index (χ0v) is 18.4. The molecule has 2 unspecified atom stereocenters. The van der Waals surface area contributed by atoms with Crippen molar-refractivity contribution >= 4 is 31.0 Å². The van der Waals surface area contributed by atoms with Crippen molar-refractivity contribution in [3.05, 3.63) is 45.1 Å². The summed E-state index contributed by atoms with van der Waals surface area (Å²) in [7, 11) is -3.62. The second-order valence-electron chi connectivity index (χ2n) is 6.90. The Morgan fingerprint density at radius 1 is 1.19 bits per heavy atom. The highest BCUT2D eigenvalue weighted by atomic mass is 35.5. The molecular weight excluding hydrogens is 394 g/mol. The Hall–Kier alpha value is -0.510. The van der Waals surface area contributed by atoms with Crippen LogP contribution in [-0.2, 0) is 23.6 Å². The maximum absolute atomic E-state index is 12.8. The van der Waals surface area contributed by atoms with Gasteiger partial charge in [0, 0.05) is 11.8 Å². The van der Waals surface area contributed by atoms with Gasteiger partial charge in [0.15, 0.2) is 0 Å². The molecule has 0 heterocycles. The lowest BCUT2D eigenvalue weighted by atomic mass is 9.66. The number of allylic oxidation sites excluding steroid dienone is 2. The largest absolute Gasteiger partial charge is 0.529 e. The highest BCUT2D eigenvalue weighted by Crippen LogP contribution is 2.55. The van der Waals surface area contributed by atoms with Crippen LogP contribution in [0.2, 0.25) is 10.0 Å². The SMILES string of the molecule is CCOP(=O)(OCC)OC1=C(C)C(C)(c2ccc(Cl)c(Cl)c2)CC(C)C1. The predicted molar refractivity (Wildman–Crippen MR) is 107 cm³/mol. The van der Waals surface area contributed by atoms with E-state index in [1.807, 2.05) is 25.1 Å². The molecule has 7 heteroatoms. The normalized spacial score (nSPS) is 24.0. The molecule has 2 rings (SSSR count). The van der Waals surface area contributed by atoms with Crippen molar-refractivity contribution in [1.29, 1.82) is 0 Å². The van der Waals surface area contributed by atoms with Crippen LogP contribution in [0.25, 0.3) is 0 Å². The van der Waals surface area contributed by atoms with Gasteiger partial charge in [0.1, 0.15) is 5.76 Å². The number of benzene rings is 1. The van der Waals surface area contributed by atoms with Crippen LogP contribution in [0.5, 0.6) is 0 Å². The van der Waals surface area contributed by atoms with Crippen LogP contribution in [-0.4, -0.2) is 13.2 Å². The molecule has 0 aliphatic heterocycles. The van der Waals surface area contributed by atoms with E-state index in [2.05, 4.69) is 13.8 Å². The summed E-state index contributed by atoms with van der Waals surface area (Å²) in [5, 5.41) is 1.05. The third kappa shape index (κ3) is 4.66. The van der Waals surface area contributed by atoms with Crippen LogP contribution >= 0.6 is 31.0 Å². The fraction of sp³-hybridized carbons (Fsp3) is 0.579. The number of phosphoric ester groups is 1. The molecule has 0 amide bonds. The average Bonchev–Trinajstić information content (AvgIpc) is 2.55. The van der Waals surface area contributed by atoms with E-state index in [9.17, 15) is 4.57 Å². The summed E-state index contributed by atoms with van der Waals surface area (Å²) in [6.07, 6.45) is 1.62. The summed E-state index contributed by atoms with van der Waals surface area (Å²) in [4.78, 5) is 0. The summed E-state index contributed by atoms with van der Waals surface area (Å²) >= 11 is 12.3. The Morgan fingerprint density at radius 3 is 2.35 bits per heavy atom. The molecule has 0 aromatic heterocycles. The monoisotopic (exact) mass is 420 g/mol. The third-order valence-electron chi connectivity index (χ3n) is 4.89. The van der Waals surface area contributed by atoms with Crippen LogP contribution in [0.3, 0.4) is 0 Å². The summed E-state index contributed by atoms with van der Waals surface area (Å²) in [6.45, 7) is 10.3. The molecule has 26 heavy (non-hydrogen) atoms. The maximum Gasteiger partial charge on any atom is 0.529 e. The topological polar surface area (TPSA) is 44.8 Å². The lowest BCUT2D eigenvalue weighted by Crippen LogP contribution is -2.32. The molecule has 0 N–H and O–H groups in total. The van der Waals surface area contributed by atoms with E-state index in [0.29, 0.717) is 28.1 Å². The van der Waals surface area contributed by atoms with Gasteiger partial charge in [0.05, 0.1) is 23.3 Å². The first-order chi connectivity index (χ1) is 12.1. The van der Waals surface area contributed by atoms with E-state index in [0.717, 1.165) is 17.6 Å². The molecular formula is C19H27Cl2O4P. The molecule has 0 fully saturated rings. The molecule has 4 nitrogen and oxygen atoms in total. The first-order valence-corrected chi connectivity index (χ1v) is 11.1. The van der Waals surface area contributed by atoms with Crippen LogP contribution in [0, 0.1) is 5.92 Å². The minimum atomic E-state index is -3.62. The Morgan fingerprint density at radius 2 is 1.81 bits per heavy atom. The smallest absolute Gasteiger partial charge is 0.409 e. The first kappa shape index (κ1) is 21.8. The minimum Gasteiger partial charge on any atom is -0.409 e. The molecule has 0 saturated heterocycles. The molecule has 1 aliphatic carbocycles. The summed E-state index contributed by atoms with van der Waals surface area (Å²) in [6, 6.07) is 5.69. The lowest BCUT2D eigenvalue weighted by Gasteiger charge is -2.40. The van der Waals surface area contributed by atoms with Crippen molar-refractivity contribution in [2.24, 2.45) is 5.92 Å². The highest BCUT2D eigenvalue weighted by molar-refractivity contribution is 7.48. The van der Waals surface area contributed by atoms with Crippen molar-refractivity contribution in [3.8, 4) is 0 Å². The van der Waals surface area contributed by atoms with E-state index < -0.39 is 7.82 Å². The van der Waals surface area contributed by atoms with Crippen molar-refractivity contribution in [2.45, 2.75) is 52.9 Å². The molecule has 1 aromatic carbocycles. The van der Waals surface area contributed by atoms with Gasteiger partial charge in [-0.1, -0.05) is 43.1 Å². The fourth-order valence-corrected chi connectivity index (χ4v) is 5.11. The zero-order valence-electron chi connectivity index (χ0n) is 16.0. The molecule has 0 bridgehead atoms. The summed E-state index contributed by atoms with van der Waals surface area (Å²) in [5.41, 5.74) is 1.76. The van der Waals surface area contributed by atoms with Crippen molar-refractivity contribution < 1.29 is 18.1 Å². The van der Waals surface area contributed by atoms with Gasteiger partial charge in [0.25, 0.3) is 0 Å². The molecule has 2 atom stereocenters. The van der Waals surface area contributed by atoms with Gasteiger partial charge in [-0.25, -0.2) is 4.57 Å². The molecule has 146 valence electrons. The van der Waals surface area contributed by atoms with Gasteiger partial charge in [-0.3, -0.25) is 9.05 Å². The van der Waals surface area contributed by atoms with Crippen molar-refractivity contribution in [3.63, 3.8) is 0 Å². The number of hydrogen-bond donors (Lipinski definition) is 0. The Kier molecular flexibility index (Phi) is 7.26. The quantitative estimate of drug-likeness (QED) is 0.439. The molecule has 0 radical (unpaired) electrons. The molecule has 1 aromatic rings. The van der Waals surface area contributed by atoms with Gasteiger partial charge in [-0.05, 0) is 56.4 Å². The van der Waals surface area contributed by atoms with Crippen LogP contribution in [0.15, 0.2) is 29.5 Å². The van der Waals surface area contributed by atoms with Gasteiger partial charge in [-0.2, -0.15) is 0 Å². The van der Waals surface area contributed by atoms with Crippen LogP contribution in [0.1, 0.15) is 53.0 Å². The number of hydrogen-bond acceptors (Lipinski definition) is 4. The highest BCUT2D eigenvalue weighted by Gasteiger charge is 2.40. The van der Waals surface area contributed by atoms with E-state index in [1.165, 1.54) is 0 Å². The number of rotatable bonds is 7.